The third kappa shape index (κ3) is 5.57. The molecule has 0 unspecified atom stereocenters. The molecule has 1 saturated heterocycles. The third-order valence-corrected chi connectivity index (χ3v) is 6.81. The van der Waals surface area contributed by atoms with E-state index in [0.717, 1.165) is 0 Å². The van der Waals surface area contributed by atoms with Gasteiger partial charge in [0.1, 0.15) is 5.60 Å². The number of nitrogens with one attached hydrogen (secondary N) is 1. The van der Waals surface area contributed by atoms with Gasteiger partial charge in [-0.1, -0.05) is 11.6 Å². The molecule has 0 saturated carbocycles. The average Bonchev–Trinajstić information content (AvgIpc) is 2.48. The van der Waals surface area contributed by atoms with Crippen molar-refractivity contribution in [3.63, 3.8) is 0 Å². The number of carbonyl (C=O) groups excluding carboxylic acids is 1. The summed E-state index contributed by atoms with van der Waals surface area (Å²) in [4.78, 5) is 12.0. The topological polar surface area (TPSA) is 75.7 Å². The molecule has 25 heavy (non-hydrogen) atoms. The van der Waals surface area contributed by atoms with Crippen LogP contribution < -0.4 is 5.32 Å². The van der Waals surface area contributed by atoms with E-state index in [4.69, 9.17) is 16.3 Å². The zero-order valence-electron chi connectivity index (χ0n) is 14.4. The highest BCUT2D eigenvalue weighted by Crippen LogP contribution is 2.28. The normalized spacial score (nSPS) is 17.3. The Labute approximate surface area is 162 Å². The number of benzene rings is 1. The molecule has 0 spiro atoms. The molecule has 1 N–H and O–H groups in total. The number of hydrogen-bond acceptors (Lipinski definition) is 4. The smallest absolute Gasteiger partial charge is 0.407 e. The number of alkyl carbamates (subject to hydrolysis) is 1. The Balaban J connectivity index is 1.97. The summed E-state index contributed by atoms with van der Waals surface area (Å²) >= 11 is 9.17. The molecule has 0 bridgehead atoms. The van der Waals surface area contributed by atoms with Crippen molar-refractivity contribution in [1.29, 1.82) is 0 Å². The van der Waals surface area contributed by atoms with E-state index >= 15 is 0 Å². The number of ether oxygens (including phenoxy) is 1. The van der Waals surface area contributed by atoms with Gasteiger partial charge in [0, 0.05) is 23.6 Å². The minimum Gasteiger partial charge on any atom is -0.444 e. The number of rotatable bonds is 3. The van der Waals surface area contributed by atoms with Crippen LogP contribution in [0.25, 0.3) is 0 Å². The number of nitrogens with zero attached hydrogens (tertiary/aromatic N) is 1. The Kier molecular flexibility index (Phi) is 6.40. The summed E-state index contributed by atoms with van der Waals surface area (Å²) in [5, 5.41) is 3.25. The molecular formula is C16H22BrClN2O4S. The molecule has 1 aliphatic heterocycles. The number of hydrogen-bond donors (Lipinski definition) is 1. The highest BCUT2D eigenvalue weighted by molar-refractivity contribution is 9.10. The van der Waals surface area contributed by atoms with E-state index in [1.54, 1.807) is 26.8 Å². The zero-order valence-corrected chi connectivity index (χ0v) is 17.5. The second-order valence-electron chi connectivity index (χ2n) is 6.90. The molecule has 0 atom stereocenters. The van der Waals surface area contributed by atoms with E-state index < -0.39 is 21.7 Å². The molecule has 1 aromatic rings. The maximum atomic E-state index is 12.7. The Morgan fingerprint density at radius 1 is 1.32 bits per heavy atom. The number of amides is 1. The predicted octanol–water partition coefficient (Wildman–Crippen LogP) is 3.78. The molecule has 1 fully saturated rings. The average molecular weight is 454 g/mol. The van der Waals surface area contributed by atoms with Crippen LogP contribution in [-0.4, -0.2) is 43.5 Å². The summed E-state index contributed by atoms with van der Waals surface area (Å²) in [5.74, 6) is 0. The van der Waals surface area contributed by atoms with Gasteiger partial charge in [-0.25, -0.2) is 13.2 Å². The second kappa shape index (κ2) is 7.82. The van der Waals surface area contributed by atoms with Crippen molar-refractivity contribution in [2.45, 2.75) is 50.2 Å². The maximum absolute atomic E-state index is 12.7. The first-order chi connectivity index (χ1) is 11.5. The lowest BCUT2D eigenvalue weighted by molar-refractivity contribution is 0.0489. The second-order valence-corrected chi connectivity index (χ2v) is 10.1. The zero-order chi connectivity index (χ0) is 18.8. The van der Waals surface area contributed by atoms with Gasteiger partial charge in [0.15, 0.2) is 0 Å². The Morgan fingerprint density at radius 2 is 1.92 bits per heavy atom. The Bertz CT molecular complexity index is 741. The monoisotopic (exact) mass is 452 g/mol. The SMILES string of the molecule is CC(C)(C)OC(=O)NC1CCN(S(=O)(=O)c2ccc(Cl)c(Br)c2)CC1. The fourth-order valence-electron chi connectivity index (χ4n) is 2.50. The van der Waals surface area contributed by atoms with Crippen LogP contribution in [0.4, 0.5) is 4.79 Å². The van der Waals surface area contributed by atoms with Gasteiger partial charge >= 0.3 is 6.09 Å². The summed E-state index contributed by atoms with van der Waals surface area (Å²) < 4.78 is 32.6. The number of piperidine rings is 1. The summed E-state index contributed by atoms with van der Waals surface area (Å²) in [6, 6.07) is 4.45. The van der Waals surface area contributed by atoms with Crippen molar-refractivity contribution in [1.82, 2.24) is 9.62 Å². The van der Waals surface area contributed by atoms with Crippen molar-refractivity contribution in [2.24, 2.45) is 0 Å². The maximum Gasteiger partial charge on any atom is 0.407 e. The molecular weight excluding hydrogens is 432 g/mol. The number of halogens is 2. The van der Waals surface area contributed by atoms with Crippen LogP contribution in [-0.2, 0) is 14.8 Å². The fraction of sp³-hybridized carbons (Fsp3) is 0.562. The van der Waals surface area contributed by atoms with Crippen LogP contribution in [0.15, 0.2) is 27.6 Å². The highest BCUT2D eigenvalue weighted by Gasteiger charge is 2.31. The first-order valence-electron chi connectivity index (χ1n) is 7.94. The van der Waals surface area contributed by atoms with Crippen LogP contribution >= 0.6 is 27.5 Å². The molecule has 140 valence electrons. The molecule has 0 radical (unpaired) electrons. The van der Waals surface area contributed by atoms with Gasteiger partial charge in [0.25, 0.3) is 0 Å². The van der Waals surface area contributed by atoms with Gasteiger partial charge in [-0.15, -0.1) is 0 Å². The molecule has 1 amide bonds. The molecule has 1 aromatic carbocycles. The van der Waals surface area contributed by atoms with E-state index in [2.05, 4.69) is 21.2 Å². The Morgan fingerprint density at radius 3 is 2.44 bits per heavy atom. The summed E-state index contributed by atoms with van der Waals surface area (Å²) in [7, 11) is -3.58. The van der Waals surface area contributed by atoms with Gasteiger partial charge in [0.05, 0.1) is 9.92 Å². The lowest BCUT2D eigenvalue weighted by atomic mass is 10.1. The molecule has 2 rings (SSSR count). The predicted molar refractivity (Wildman–Crippen MR) is 100 cm³/mol. The van der Waals surface area contributed by atoms with Crippen LogP contribution in [0.1, 0.15) is 33.6 Å². The van der Waals surface area contributed by atoms with Crippen molar-refractivity contribution in [2.75, 3.05) is 13.1 Å². The van der Waals surface area contributed by atoms with Crippen molar-refractivity contribution < 1.29 is 17.9 Å². The van der Waals surface area contributed by atoms with Crippen LogP contribution in [0, 0.1) is 0 Å². The van der Waals surface area contributed by atoms with Crippen LogP contribution in [0.5, 0.6) is 0 Å². The van der Waals surface area contributed by atoms with Gasteiger partial charge in [-0.05, 0) is 67.7 Å². The fourth-order valence-corrected chi connectivity index (χ4v) is 4.65. The highest BCUT2D eigenvalue weighted by atomic mass is 79.9. The minimum absolute atomic E-state index is 0.0988. The van der Waals surface area contributed by atoms with Crippen LogP contribution in [0.3, 0.4) is 0 Å². The van der Waals surface area contributed by atoms with E-state index in [0.29, 0.717) is 35.4 Å². The molecule has 0 aromatic heterocycles. The largest absolute Gasteiger partial charge is 0.444 e. The summed E-state index contributed by atoms with van der Waals surface area (Å²) in [5.41, 5.74) is -0.559. The lowest BCUT2D eigenvalue weighted by Gasteiger charge is -2.32. The Hall–Kier alpha value is -0.830. The standard InChI is InChI=1S/C16H22BrClN2O4S/c1-16(2,3)24-15(21)19-11-6-8-20(9-7-11)25(22,23)12-4-5-14(18)13(17)10-12/h4-5,10-11H,6-9H2,1-3H3,(H,19,21). The van der Waals surface area contributed by atoms with E-state index in [-0.39, 0.29) is 10.9 Å². The third-order valence-electron chi connectivity index (χ3n) is 3.70. The van der Waals surface area contributed by atoms with E-state index in [1.807, 2.05) is 0 Å². The van der Waals surface area contributed by atoms with Gasteiger partial charge in [-0.2, -0.15) is 4.31 Å². The van der Waals surface area contributed by atoms with E-state index in [1.165, 1.54) is 16.4 Å². The number of sulfonamides is 1. The minimum atomic E-state index is -3.58. The summed E-state index contributed by atoms with van der Waals surface area (Å²) in [6.07, 6.45) is 0.593. The summed E-state index contributed by atoms with van der Waals surface area (Å²) in [6.45, 7) is 6.07. The van der Waals surface area contributed by atoms with Crippen molar-refractivity contribution >= 4 is 43.6 Å². The van der Waals surface area contributed by atoms with Crippen molar-refractivity contribution in [3.05, 3.63) is 27.7 Å². The quantitative estimate of drug-likeness (QED) is 0.755. The molecule has 1 aliphatic rings. The van der Waals surface area contributed by atoms with Crippen molar-refractivity contribution in [3.8, 4) is 0 Å². The van der Waals surface area contributed by atoms with E-state index in [9.17, 15) is 13.2 Å². The van der Waals surface area contributed by atoms with Gasteiger partial charge < -0.3 is 10.1 Å². The first kappa shape index (κ1) is 20.5. The first-order valence-corrected chi connectivity index (χ1v) is 10.5. The molecule has 0 aliphatic carbocycles. The molecule has 1 heterocycles. The van der Waals surface area contributed by atoms with Gasteiger partial charge in [0.2, 0.25) is 10.0 Å². The molecule has 9 heteroatoms. The van der Waals surface area contributed by atoms with Gasteiger partial charge in [-0.3, -0.25) is 0 Å². The molecule has 6 nitrogen and oxygen atoms in total. The lowest BCUT2D eigenvalue weighted by Crippen LogP contribution is -2.47. The van der Waals surface area contributed by atoms with Crippen LogP contribution in [0.2, 0.25) is 5.02 Å². The number of carbonyl (C=O) groups is 1.